The Morgan fingerprint density at radius 2 is 2.14 bits per heavy atom. The molecule has 1 aromatic carbocycles. The van der Waals surface area contributed by atoms with E-state index in [0.717, 1.165) is 0 Å². The van der Waals surface area contributed by atoms with Crippen molar-refractivity contribution in [2.45, 2.75) is 13.3 Å². The van der Waals surface area contributed by atoms with Crippen LogP contribution in [0, 0.1) is 6.92 Å². The molecule has 74 valence electrons. The second-order valence-corrected chi connectivity index (χ2v) is 3.03. The summed E-state index contributed by atoms with van der Waals surface area (Å²) in [5.74, 6) is -1.08. The van der Waals surface area contributed by atoms with Crippen LogP contribution in [-0.4, -0.2) is 22.5 Å². The third-order valence-electron chi connectivity index (χ3n) is 1.95. The van der Waals surface area contributed by atoms with E-state index in [4.69, 9.17) is 5.11 Å². The molecule has 4 heteroatoms. The van der Waals surface area contributed by atoms with Crippen molar-refractivity contribution in [3.63, 3.8) is 0 Å². The Kier molecular flexibility index (Phi) is 2.86. The van der Waals surface area contributed by atoms with Gasteiger partial charge in [0.15, 0.2) is 6.29 Å². The number of aldehydes is 1. The van der Waals surface area contributed by atoms with Crippen LogP contribution in [-0.2, 0) is 11.2 Å². The number of hydrogen-bond acceptors (Lipinski definition) is 3. The fourth-order valence-corrected chi connectivity index (χ4v) is 1.20. The van der Waals surface area contributed by atoms with E-state index in [1.807, 2.05) is 0 Å². The molecule has 0 unspecified atom stereocenters. The van der Waals surface area contributed by atoms with Gasteiger partial charge in [0.1, 0.15) is 5.75 Å². The topological polar surface area (TPSA) is 74.6 Å². The molecule has 0 saturated heterocycles. The number of aliphatic carboxylic acids is 1. The van der Waals surface area contributed by atoms with Crippen LogP contribution in [0.1, 0.15) is 21.5 Å². The van der Waals surface area contributed by atoms with Crippen molar-refractivity contribution in [1.82, 2.24) is 0 Å². The number of phenolic OH excluding ortho intramolecular Hbond substituents is 1. The lowest BCUT2D eigenvalue weighted by Gasteiger charge is -2.05. The van der Waals surface area contributed by atoms with Crippen molar-refractivity contribution < 1.29 is 19.8 Å². The summed E-state index contributed by atoms with van der Waals surface area (Å²) >= 11 is 0. The van der Waals surface area contributed by atoms with Gasteiger partial charge in [-0.05, 0) is 30.2 Å². The highest BCUT2D eigenvalue weighted by Crippen LogP contribution is 2.21. The molecule has 1 aromatic rings. The Morgan fingerprint density at radius 3 is 2.64 bits per heavy atom. The smallest absolute Gasteiger partial charge is 0.307 e. The van der Waals surface area contributed by atoms with Crippen LogP contribution < -0.4 is 0 Å². The van der Waals surface area contributed by atoms with E-state index in [1.165, 1.54) is 12.1 Å². The molecule has 0 radical (unpaired) electrons. The highest BCUT2D eigenvalue weighted by molar-refractivity contribution is 5.81. The molecule has 0 amide bonds. The summed E-state index contributed by atoms with van der Waals surface area (Å²) in [6, 6.07) is 2.79. The van der Waals surface area contributed by atoms with E-state index in [0.29, 0.717) is 17.4 Å². The first kappa shape index (κ1) is 10.2. The van der Waals surface area contributed by atoms with Gasteiger partial charge >= 0.3 is 5.97 Å². The summed E-state index contributed by atoms with van der Waals surface area (Å²) in [6.07, 6.45) is 0.354. The third-order valence-corrected chi connectivity index (χ3v) is 1.95. The van der Waals surface area contributed by atoms with Gasteiger partial charge in [0.2, 0.25) is 0 Å². The van der Waals surface area contributed by atoms with Crippen molar-refractivity contribution in [2.24, 2.45) is 0 Å². The van der Waals surface area contributed by atoms with Crippen molar-refractivity contribution in [3.05, 3.63) is 28.8 Å². The molecule has 0 saturated carbocycles. The average molecular weight is 194 g/mol. The largest absolute Gasteiger partial charge is 0.507 e. The quantitative estimate of drug-likeness (QED) is 0.707. The molecule has 0 aliphatic heterocycles. The monoisotopic (exact) mass is 194 g/mol. The highest BCUT2D eigenvalue weighted by Gasteiger charge is 2.08. The van der Waals surface area contributed by atoms with E-state index < -0.39 is 5.97 Å². The minimum Gasteiger partial charge on any atom is -0.507 e. The van der Waals surface area contributed by atoms with Gasteiger partial charge in [-0.25, -0.2) is 0 Å². The van der Waals surface area contributed by atoms with E-state index in [-0.39, 0.29) is 17.7 Å². The number of carbonyl (C=O) groups is 2. The predicted molar refractivity (Wildman–Crippen MR) is 49.6 cm³/mol. The summed E-state index contributed by atoms with van der Waals surface area (Å²) < 4.78 is 0. The SMILES string of the molecule is Cc1cc(O)c(C=O)cc1CC(=O)O. The molecule has 0 aliphatic carbocycles. The van der Waals surface area contributed by atoms with Crippen LogP contribution in [0.25, 0.3) is 0 Å². The number of benzene rings is 1. The first-order chi connectivity index (χ1) is 6.54. The van der Waals surface area contributed by atoms with E-state index in [2.05, 4.69) is 0 Å². The van der Waals surface area contributed by atoms with Crippen LogP contribution in [0.2, 0.25) is 0 Å². The third kappa shape index (κ3) is 2.10. The maximum absolute atomic E-state index is 10.5. The Balaban J connectivity index is 3.16. The van der Waals surface area contributed by atoms with Crippen LogP contribution in [0.5, 0.6) is 5.75 Å². The molecule has 0 fully saturated rings. The number of aromatic hydroxyl groups is 1. The number of carboxylic acids is 1. The summed E-state index contributed by atoms with van der Waals surface area (Å²) in [5, 5.41) is 17.8. The Hall–Kier alpha value is -1.84. The van der Waals surface area contributed by atoms with Crippen molar-refractivity contribution in [3.8, 4) is 5.75 Å². The van der Waals surface area contributed by atoms with Gasteiger partial charge in [0, 0.05) is 0 Å². The zero-order valence-electron chi connectivity index (χ0n) is 7.65. The Labute approximate surface area is 80.8 Å². The Bertz CT molecular complexity index is 382. The summed E-state index contributed by atoms with van der Waals surface area (Å²) in [6.45, 7) is 1.69. The summed E-state index contributed by atoms with van der Waals surface area (Å²) in [7, 11) is 0. The number of aryl methyl sites for hydroxylation is 1. The highest BCUT2D eigenvalue weighted by atomic mass is 16.4. The number of hydrogen-bond donors (Lipinski definition) is 2. The van der Waals surface area contributed by atoms with Crippen molar-refractivity contribution >= 4 is 12.3 Å². The van der Waals surface area contributed by atoms with Gasteiger partial charge in [-0.15, -0.1) is 0 Å². The maximum atomic E-state index is 10.5. The first-order valence-corrected chi connectivity index (χ1v) is 4.04. The molecule has 0 spiro atoms. The van der Waals surface area contributed by atoms with E-state index >= 15 is 0 Å². The minimum atomic E-state index is -0.962. The average Bonchev–Trinajstić information content (AvgIpc) is 2.09. The van der Waals surface area contributed by atoms with Crippen LogP contribution in [0.3, 0.4) is 0 Å². The normalized spacial score (nSPS) is 9.79. The van der Waals surface area contributed by atoms with Gasteiger partial charge < -0.3 is 10.2 Å². The molecule has 0 atom stereocenters. The fourth-order valence-electron chi connectivity index (χ4n) is 1.20. The van der Waals surface area contributed by atoms with Gasteiger partial charge in [-0.3, -0.25) is 9.59 Å². The van der Waals surface area contributed by atoms with Crippen LogP contribution in [0.15, 0.2) is 12.1 Å². The van der Waals surface area contributed by atoms with E-state index in [1.54, 1.807) is 6.92 Å². The molecule has 0 aliphatic rings. The number of rotatable bonds is 3. The Morgan fingerprint density at radius 1 is 1.50 bits per heavy atom. The molecule has 2 N–H and O–H groups in total. The lowest BCUT2D eigenvalue weighted by Crippen LogP contribution is -2.02. The molecule has 0 bridgehead atoms. The van der Waals surface area contributed by atoms with Crippen molar-refractivity contribution in [1.29, 1.82) is 0 Å². The standard InChI is InChI=1S/C10H10O4/c1-6-2-9(12)8(5-11)3-7(6)4-10(13)14/h2-3,5,12H,4H2,1H3,(H,13,14). The summed E-state index contributed by atoms with van der Waals surface area (Å²) in [4.78, 5) is 20.9. The van der Waals surface area contributed by atoms with E-state index in [9.17, 15) is 14.7 Å². The second-order valence-electron chi connectivity index (χ2n) is 3.03. The summed E-state index contributed by atoms with van der Waals surface area (Å²) in [5.41, 5.74) is 1.32. The van der Waals surface area contributed by atoms with Gasteiger partial charge in [-0.1, -0.05) is 0 Å². The first-order valence-electron chi connectivity index (χ1n) is 4.04. The lowest BCUT2D eigenvalue weighted by atomic mass is 10.0. The molecule has 1 rings (SSSR count). The van der Waals surface area contributed by atoms with Gasteiger partial charge in [0.05, 0.1) is 12.0 Å². The predicted octanol–water partition coefficient (Wildman–Crippen LogP) is 1.14. The molecule has 4 nitrogen and oxygen atoms in total. The fraction of sp³-hybridized carbons (Fsp3) is 0.200. The molecular formula is C10H10O4. The molecule has 0 aromatic heterocycles. The lowest BCUT2D eigenvalue weighted by molar-refractivity contribution is -0.136. The number of carbonyl (C=O) groups excluding carboxylic acids is 1. The van der Waals surface area contributed by atoms with Gasteiger partial charge in [0.25, 0.3) is 0 Å². The number of phenols is 1. The van der Waals surface area contributed by atoms with Crippen LogP contribution in [0.4, 0.5) is 0 Å². The van der Waals surface area contributed by atoms with Crippen LogP contribution >= 0.6 is 0 Å². The zero-order valence-corrected chi connectivity index (χ0v) is 7.65. The second kappa shape index (κ2) is 3.91. The van der Waals surface area contributed by atoms with Crippen molar-refractivity contribution in [2.75, 3.05) is 0 Å². The molecule has 0 heterocycles. The van der Waals surface area contributed by atoms with Gasteiger partial charge in [-0.2, -0.15) is 0 Å². The molecule has 14 heavy (non-hydrogen) atoms. The maximum Gasteiger partial charge on any atom is 0.307 e. The minimum absolute atomic E-state index is 0.117. The zero-order chi connectivity index (χ0) is 10.7. The molecular weight excluding hydrogens is 184 g/mol. The number of carboxylic acid groups (broad SMARTS) is 1.